The van der Waals surface area contributed by atoms with Gasteiger partial charge in [0.1, 0.15) is 36.1 Å². The summed E-state index contributed by atoms with van der Waals surface area (Å²) in [6.45, 7) is 8.31. The van der Waals surface area contributed by atoms with Gasteiger partial charge >= 0.3 is 0 Å². The van der Waals surface area contributed by atoms with Gasteiger partial charge < -0.3 is 19.0 Å². The Morgan fingerprint density at radius 3 is 2.62 bits per heavy atom. The number of ether oxygens (including phenoxy) is 2. The maximum absolute atomic E-state index is 12.8. The predicted octanol–water partition coefficient (Wildman–Crippen LogP) is 4.46. The highest BCUT2D eigenvalue weighted by Gasteiger charge is 2.14. The van der Waals surface area contributed by atoms with Crippen LogP contribution in [0.2, 0.25) is 0 Å². The van der Waals surface area contributed by atoms with E-state index in [2.05, 4.69) is 5.10 Å². The van der Waals surface area contributed by atoms with Crippen molar-refractivity contribution in [1.29, 1.82) is 0 Å². The Labute approximate surface area is 185 Å². The van der Waals surface area contributed by atoms with Crippen molar-refractivity contribution in [2.24, 2.45) is 0 Å². The fraction of sp³-hybridized carbons (Fsp3) is 0.280. The van der Waals surface area contributed by atoms with Crippen LogP contribution in [-0.2, 0) is 6.54 Å². The molecule has 1 N–H and O–H groups in total. The molecule has 2 heterocycles. The third-order valence-corrected chi connectivity index (χ3v) is 5.50. The molecule has 0 aliphatic rings. The molecule has 0 amide bonds. The largest absolute Gasteiger partial charge is 0.491 e. The van der Waals surface area contributed by atoms with E-state index in [1.54, 1.807) is 28.9 Å². The van der Waals surface area contributed by atoms with Crippen LogP contribution in [0.15, 0.2) is 57.9 Å². The second-order valence-corrected chi connectivity index (χ2v) is 7.95. The van der Waals surface area contributed by atoms with E-state index >= 15 is 0 Å². The molecule has 4 aromatic rings. The summed E-state index contributed by atoms with van der Waals surface area (Å²) in [5.74, 6) is 1.19. The Morgan fingerprint density at radius 2 is 1.91 bits per heavy atom. The van der Waals surface area contributed by atoms with E-state index in [9.17, 15) is 9.90 Å². The van der Waals surface area contributed by atoms with E-state index in [1.165, 1.54) is 6.26 Å². The van der Waals surface area contributed by atoms with Crippen molar-refractivity contribution in [2.45, 2.75) is 40.3 Å². The zero-order valence-electron chi connectivity index (χ0n) is 18.6. The van der Waals surface area contributed by atoms with Crippen molar-refractivity contribution < 1.29 is 19.0 Å². The lowest BCUT2D eigenvalue weighted by Crippen LogP contribution is -2.24. The number of aliphatic hydroxyl groups excluding tert-OH is 1. The standard InChI is InChI=1S/C25H26N2O5/c1-15-6-5-7-21(10-15)32-24-14-31-23-11-20(8-9-22(23)25(24)29)30-13-19(28)12-27-18(4)16(2)17(3)26-27/h5-11,14,19,28H,12-13H2,1-4H3/t19-/m0/s1. The van der Waals surface area contributed by atoms with E-state index in [0.29, 0.717) is 29.0 Å². The zero-order valence-corrected chi connectivity index (χ0v) is 18.6. The van der Waals surface area contributed by atoms with Gasteiger partial charge in [0, 0.05) is 11.8 Å². The van der Waals surface area contributed by atoms with Crippen molar-refractivity contribution in [3.8, 4) is 17.2 Å². The van der Waals surface area contributed by atoms with E-state index in [-0.39, 0.29) is 17.8 Å². The van der Waals surface area contributed by atoms with Crippen molar-refractivity contribution in [3.63, 3.8) is 0 Å². The van der Waals surface area contributed by atoms with Crippen molar-refractivity contribution in [3.05, 3.63) is 81.5 Å². The lowest BCUT2D eigenvalue weighted by Gasteiger charge is -2.14. The Morgan fingerprint density at radius 1 is 1.09 bits per heavy atom. The molecule has 7 heteroatoms. The van der Waals surface area contributed by atoms with Crippen molar-refractivity contribution in [2.75, 3.05) is 6.61 Å². The fourth-order valence-corrected chi connectivity index (χ4v) is 3.47. The third-order valence-electron chi connectivity index (χ3n) is 5.50. The summed E-state index contributed by atoms with van der Waals surface area (Å²) in [7, 11) is 0. The van der Waals surface area contributed by atoms with Gasteiger partial charge in [-0.2, -0.15) is 5.10 Å². The van der Waals surface area contributed by atoms with Gasteiger partial charge in [0.05, 0.1) is 17.6 Å². The fourth-order valence-electron chi connectivity index (χ4n) is 3.47. The molecule has 32 heavy (non-hydrogen) atoms. The van der Waals surface area contributed by atoms with Gasteiger partial charge in [0.25, 0.3) is 0 Å². The number of fused-ring (bicyclic) bond motifs is 1. The first-order valence-corrected chi connectivity index (χ1v) is 10.4. The predicted molar refractivity (Wildman–Crippen MR) is 122 cm³/mol. The highest BCUT2D eigenvalue weighted by atomic mass is 16.5. The third kappa shape index (κ3) is 4.53. The summed E-state index contributed by atoms with van der Waals surface area (Å²) in [5.41, 5.74) is 4.24. The Hall–Kier alpha value is -3.58. The minimum absolute atomic E-state index is 0.0850. The first kappa shape index (κ1) is 21.6. The van der Waals surface area contributed by atoms with Crippen LogP contribution in [0.4, 0.5) is 0 Å². The monoisotopic (exact) mass is 434 g/mol. The highest BCUT2D eigenvalue weighted by molar-refractivity contribution is 5.79. The van der Waals surface area contributed by atoms with Crippen LogP contribution in [0, 0.1) is 27.7 Å². The normalized spacial score (nSPS) is 12.2. The Bertz CT molecular complexity index is 1320. The van der Waals surface area contributed by atoms with E-state index in [4.69, 9.17) is 13.9 Å². The summed E-state index contributed by atoms with van der Waals surface area (Å²) in [4.78, 5) is 12.8. The number of hydrogen-bond acceptors (Lipinski definition) is 6. The Kier molecular flexibility index (Phi) is 6.01. The molecule has 0 radical (unpaired) electrons. The van der Waals surface area contributed by atoms with Crippen LogP contribution >= 0.6 is 0 Å². The molecule has 0 fully saturated rings. The van der Waals surface area contributed by atoms with Gasteiger partial charge in [0.15, 0.2) is 0 Å². The molecule has 0 bridgehead atoms. The summed E-state index contributed by atoms with van der Waals surface area (Å²) in [6.07, 6.45) is 0.566. The number of nitrogens with zero attached hydrogens (tertiary/aromatic N) is 2. The lowest BCUT2D eigenvalue weighted by molar-refractivity contribution is 0.0887. The molecule has 0 unspecified atom stereocenters. The molecule has 7 nitrogen and oxygen atoms in total. The minimum Gasteiger partial charge on any atom is -0.491 e. The maximum Gasteiger partial charge on any atom is 0.235 e. The van der Waals surface area contributed by atoms with Gasteiger partial charge in [-0.3, -0.25) is 9.48 Å². The molecule has 0 spiro atoms. The van der Waals surface area contributed by atoms with Crippen molar-refractivity contribution in [1.82, 2.24) is 9.78 Å². The van der Waals surface area contributed by atoms with Gasteiger partial charge in [-0.15, -0.1) is 0 Å². The zero-order chi connectivity index (χ0) is 22.8. The number of hydrogen-bond donors (Lipinski definition) is 1. The smallest absolute Gasteiger partial charge is 0.235 e. The highest BCUT2D eigenvalue weighted by Crippen LogP contribution is 2.24. The van der Waals surface area contributed by atoms with E-state index < -0.39 is 6.10 Å². The number of aliphatic hydroxyl groups is 1. The van der Waals surface area contributed by atoms with Crippen LogP contribution in [0.3, 0.4) is 0 Å². The average Bonchev–Trinajstić information content (AvgIpc) is 3.01. The topological polar surface area (TPSA) is 86.7 Å². The van der Waals surface area contributed by atoms with Crippen LogP contribution in [0.5, 0.6) is 17.2 Å². The number of aryl methyl sites for hydroxylation is 2. The van der Waals surface area contributed by atoms with Gasteiger partial charge in [-0.25, -0.2) is 0 Å². The first-order valence-electron chi connectivity index (χ1n) is 10.4. The van der Waals surface area contributed by atoms with Gasteiger partial charge in [0.2, 0.25) is 11.2 Å². The second kappa shape index (κ2) is 8.88. The minimum atomic E-state index is -0.736. The van der Waals surface area contributed by atoms with Gasteiger partial charge in [-0.1, -0.05) is 12.1 Å². The number of aromatic nitrogens is 2. The summed E-state index contributed by atoms with van der Waals surface area (Å²) >= 11 is 0. The maximum atomic E-state index is 12.8. The Balaban J connectivity index is 1.45. The summed E-state index contributed by atoms with van der Waals surface area (Å²) in [5, 5.41) is 15.2. The molecule has 2 aromatic heterocycles. The SMILES string of the molecule is Cc1cccc(Oc2coc3cc(OC[C@@H](O)Cn4nc(C)c(C)c4C)ccc3c2=O)c1. The molecule has 1 atom stereocenters. The van der Waals surface area contributed by atoms with Crippen LogP contribution < -0.4 is 14.9 Å². The van der Waals surface area contributed by atoms with Crippen molar-refractivity contribution >= 4 is 11.0 Å². The quantitative estimate of drug-likeness (QED) is 0.462. The van der Waals surface area contributed by atoms with Crippen LogP contribution in [0.25, 0.3) is 11.0 Å². The molecule has 166 valence electrons. The molecule has 4 rings (SSSR count). The average molecular weight is 434 g/mol. The first-order chi connectivity index (χ1) is 15.3. The van der Waals surface area contributed by atoms with Gasteiger partial charge in [-0.05, 0) is 63.1 Å². The second-order valence-electron chi connectivity index (χ2n) is 7.95. The molecule has 2 aromatic carbocycles. The van der Waals surface area contributed by atoms with E-state index in [0.717, 1.165) is 22.5 Å². The molecule has 0 saturated heterocycles. The van der Waals surface area contributed by atoms with Crippen LogP contribution in [0.1, 0.15) is 22.5 Å². The molecule has 0 saturated carbocycles. The number of benzene rings is 2. The molecule has 0 aliphatic heterocycles. The molecule has 0 aliphatic carbocycles. The number of rotatable bonds is 7. The summed E-state index contributed by atoms with van der Waals surface area (Å²) < 4.78 is 18.8. The summed E-state index contributed by atoms with van der Waals surface area (Å²) in [6, 6.07) is 12.4. The molecular formula is C25H26N2O5. The van der Waals surface area contributed by atoms with E-state index in [1.807, 2.05) is 45.9 Å². The van der Waals surface area contributed by atoms with Crippen LogP contribution in [-0.4, -0.2) is 27.6 Å². The lowest BCUT2D eigenvalue weighted by atomic mass is 10.2. The molecular weight excluding hydrogens is 408 g/mol.